The molecule has 0 radical (unpaired) electrons. The second-order valence-corrected chi connectivity index (χ2v) is 22.6. The van der Waals surface area contributed by atoms with Crippen LogP contribution in [-0.2, 0) is 16.2 Å². The van der Waals surface area contributed by atoms with Gasteiger partial charge in [-0.3, -0.25) is 0 Å². The molecule has 0 amide bonds. The van der Waals surface area contributed by atoms with E-state index in [1.165, 1.54) is 9.47 Å². The van der Waals surface area contributed by atoms with Crippen LogP contribution in [0.25, 0.3) is 75.2 Å². The summed E-state index contributed by atoms with van der Waals surface area (Å²) in [6.45, 7) is 13.3. The van der Waals surface area contributed by atoms with E-state index in [0.29, 0.717) is 11.3 Å². The summed E-state index contributed by atoms with van der Waals surface area (Å²) in [6, 6.07) is -19.5. The summed E-state index contributed by atoms with van der Waals surface area (Å²) in [5, 5.41) is -1.58. The van der Waals surface area contributed by atoms with Crippen molar-refractivity contribution in [3.05, 3.63) is 186 Å². The van der Waals surface area contributed by atoms with Gasteiger partial charge in [-0.1, -0.05) is 153 Å². The molecule has 0 bridgehead atoms. The van der Waals surface area contributed by atoms with Crippen molar-refractivity contribution in [2.75, 3.05) is 9.80 Å². The minimum Gasteiger partial charge on any atom is -0.310 e. The van der Waals surface area contributed by atoms with E-state index in [2.05, 4.69) is 0 Å². The van der Waals surface area contributed by atoms with Gasteiger partial charge in [-0.25, -0.2) is 0 Å². The Bertz CT molecular complexity index is 5960. The Morgan fingerprint density at radius 3 is 1.69 bits per heavy atom. The van der Waals surface area contributed by atoms with E-state index >= 15 is 0 Å². The first kappa shape index (κ1) is 22.9. The van der Waals surface area contributed by atoms with Crippen LogP contribution in [0.4, 0.5) is 34.1 Å². The fourth-order valence-corrected chi connectivity index (χ4v) is 11.6. The summed E-state index contributed by atoms with van der Waals surface area (Å²) in [5.41, 5.74) is -9.89. The summed E-state index contributed by atoms with van der Waals surface area (Å²) in [4.78, 5) is 2.36. The quantitative estimate of drug-likeness (QED) is 0.161. The summed E-state index contributed by atoms with van der Waals surface area (Å²) in [7, 11) is 0. The molecule has 0 saturated carbocycles. The van der Waals surface area contributed by atoms with Crippen LogP contribution in [-0.4, -0.2) is 15.8 Å². The minimum absolute atomic E-state index is 0.0405. The lowest BCUT2D eigenvalue weighted by Crippen LogP contribution is -2.62. The van der Waals surface area contributed by atoms with E-state index < -0.39 is 230 Å². The summed E-state index contributed by atoms with van der Waals surface area (Å²) >= 11 is 0.655. The van der Waals surface area contributed by atoms with Gasteiger partial charge < -0.3 is 18.9 Å². The van der Waals surface area contributed by atoms with E-state index in [9.17, 15) is 32.9 Å². The first-order valence-corrected chi connectivity index (χ1v) is 24.3. The average Bonchev–Trinajstić information content (AvgIpc) is 1.12. The molecular formula is C66H55BN4S. The largest absolute Gasteiger partial charge is 0.310 e. The molecule has 0 N–H and O–H groups in total. The van der Waals surface area contributed by atoms with Crippen LogP contribution in [0.2, 0.25) is 0 Å². The molecule has 3 aliphatic rings. The van der Waals surface area contributed by atoms with Crippen molar-refractivity contribution in [2.45, 2.75) is 78.6 Å². The molecule has 6 heteroatoms. The van der Waals surface area contributed by atoms with Gasteiger partial charge in [0.05, 0.1) is 87.9 Å². The fourth-order valence-electron chi connectivity index (χ4n) is 10.5. The first-order chi connectivity index (χ1) is 46.3. The van der Waals surface area contributed by atoms with Crippen molar-refractivity contribution in [1.82, 2.24) is 9.13 Å². The Kier molecular flexibility index (Phi) is 4.49. The van der Waals surface area contributed by atoms with Crippen LogP contribution in [0.5, 0.6) is 0 Å². The van der Waals surface area contributed by atoms with Gasteiger partial charge in [-0.05, 0) is 128 Å². The number of rotatable bonds is 2. The monoisotopic (exact) mass is 975 g/mol. The second kappa shape index (κ2) is 14.1. The second-order valence-electron chi connectivity index (χ2n) is 21.6. The third kappa shape index (κ3) is 5.59. The molecule has 348 valence electrons. The number of fused-ring (bicyclic) bond motifs is 15. The maximum absolute atomic E-state index is 11.2. The zero-order valence-electron chi connectivity index (χ0n) is 68.3. The number of aromatic nitrogens is 2. The highest BCUT2D eigenvalue weighted by Gasteiger charge is 2.47. The number of anilines is 6. The maximum atomic E-state index is 11.2. The Balaban J connectivity index is 1.26. The van der Waals surface area contributed by atoms with Gasteiger partial charge in [0.2, 0.25) is 0 Å². The van der Waals surface area contributed by atoms with Gasteiger partial charge >= 0.3 is 0 Å². The number of hydrogen-bond donors (Lipinski definition) is 0. The van der Waals surface area contributed by atoms with E-state index in [0.717, 1.165) is 9.47 Å². The third-order valence-corrected chi connectivity index (χ3v) is 15.1. The lowest BCUT2D eigenvalue weighted by Gasteiger charge is -2.47. The van der Waals surface area contributed by atoms with Crippen molar-refractivity contribution in [3.8, 4) is 11.4 Å². The molecule has 12 aromatic rings. The Hall–Kier alpha value is -7.54. The van der Waals surface area contributed by atoms with E-state index in [-0.39, 0.29) is 104 Å². The first-order valence-electron chi connectivity index (χ1n) is 37.5. The van der Waals surface area contributed by atoms with Gasteiger partial charge in [0.1, 0.15) is 0 Å². The molecule has 0 saturated heterocycles. The van der Waals surface area contributed by atoms with Gasteiger partial charge in [0.25, 0.3) is 6.71 Å². The van der Waals surface area contributed by atoms with Gasteiger partial charge in [0.15, 0.2) is 0 Å². The third-order valence-electron chi connectivity index (χ3n) is 14.0. The molecule has 3 aromatic heterocycles. The minimum atomic E-state index is -1.93. The zero-order chi connectivity index (χ0) is 73.3. The number of nitrogens with zero attached hydrogens (tertiary/aromatic N) is 4. The van der Waals surface area contributed by atoms with Crippen LogP contribution >= 0.6 is 11.3 Å². The molecule has 15 rings (SSSR count). The number of para-hydroxylation sites is 3. The van der Waals surface area contributed by atoms with Gasteiger partial charge in [0, 0.05) is 59.8 Å². The van der Waals surface area contributed by atoms with E-state index in [1.54, 1.807) is 62.3 Å². The molecule has 0 unspecified atom stereocenters. The normalized spacial score (nSPS) is 19.5. The maximum Gasteiger partial charge on any atom is 0.252 e. The SMILES string of the molecule is [2H]c1c([2H])c2c3c(c1[2H])-n1c4c([2H])c([2H])c([2H])c([2H])c4c4c([2H])c([2H])c([2H])c(c41)N3c1c([2H])c(C(C)(C)C)c([2H])c3c1B2c1c([2H])c([2H])c(-n2c4c([2H])c([2H])c(C(C)(C)C)c([2H])c4c4c([2H])c(C(C)(C)C)c([2H])c([2H])c42)c([2H])c1N3c1c([2H])c([2H])c([2H])c2c1sc1c([2H])c([2H])c([2H])c([2H])c12. The highest BCUT2D eigenvalue weighted by molar-refractivity contribution is 7.26. The molecule has 6 heterocycles. The lowest BCUT2D eigenvalue weighted by atomic mass is 9.33. The zero-order valence-corrected chi connectivity index (χ0v) is 41.1. The van der Waals surface area contributed by atoms with E-state index in [1.807, 2.05) is 0 Å². The fraction of sp³-hybridized carbons (Fsp3) is 0.182. The van der Waals surface area contributed by atoms with Crippen LogP contribution in [0.1, 0.15) is 117 Å². The molecule has 4 nitrogen and oxygen atoms in total. The number of benzene rings is 9. The average molecular weight is 975 g/mol. The predicted molar refractivity (Wildman–Crippen MR) is 312 cm³/mol. The molecule has 0 fully saturated rings. The van der Waals surface area contributed by atoms with Gasteiger partial charge in [-0.15, -0.1) is 11.3 Å². The smallest absolute Gasteiger partial charge is 0.252 e. The van der Waals surface area contributed by atoms with Crippen LogP contribution in [0.3, 0.4) is 0 Å². The van der Waals surface area contributed by atoms with Crippen molar-refractivity contribution in [1.29, 1.82) is 0 Å². The molecule has 0 spiro atoms. The summed E-state index contributed by atoms with van der Waals surface area (Å²) < 4.78 is 278. The Morgan fingerprint density at radius 1 is 0.403 bits per heavy atom. The number of thiophene rings is 1. The molecule has 3 aliphatic heterocycles. The summed E-state index contributed by atoms with van der Waals surface area (Å²) in [5.74, 6) is 0. The predicted octanol–water partition coefficient (Wildman–Crippen LogP) is 16.5. The van der Waals surface area contributed by atoms with Crippen LogP contribution in [0, 0.1) is 0 Å². The van der Waals surface area contributed by atoms with Crippen LogP contribution in [0.15, 0.2) is 169 Å². The summed E-state index contributed by atoms with van der Waals surface area (Å²) in [6.07, 6.45) is 0. The molecule has 72 heavy (non-hydrogen) atoms. The number of hydrogen-bond acceptors (Lipinski definition) is 3. The molecular weight excluding hydrogens is 892 g/mol. The standard InChI is InChI=1S/C66H55BN4S/c1-64(2,3)38-27-31-51-46(33-38)47-34-39(65(4,5)6)28-32-52(47)68(51)41-29-30-48-56(37-41)69(55-25-15-20-45-43-18-11-13-26-59(43)72-63(45)55)57-35-40(66(7,8)9)36-58-60(57)67(48)49-21-16-24-54-62(49)71(58)53-23-14-19-44-42-17-10-12-22-50(42)70(54)61(44)53/h10-37H,1-9H3/i10D,11D,12D,13D,14D,15D,16D,17D,18D,19D,20D,21D,22D,23D,24D,25D,26D,27D,28D,29D,30D,31D,32D,33D,34D,35D,36D,37D. The van der Waals surface area contributed by atoms with Gasteiger partial charge in [-0.2, -0.15) is 0 Å². The molecule has 0 aliphatic carbocycles. The van der Waals surface area contributed by atoms with Crippen molar-refractivity contribution in [3.63, 3.8) is 0 Å². The van der Waals surface area contributed by atoms with Crippen molar-refractivity contribution < 1.29 is 38.4 Å². The van der Waals surface area contributed by atoms with Crippen molar-refractivity contribution in [2.24, 2.45) is 0 Å². The van der Waals surface area contributed by atoms with Crippen molar-refractivity contribution >= 4 is 132 Å². The topological polar surface area (TPSA) is 16.3 Å². The highest BCUT2D eigenvalue weighted by Crippen LogP contribution is 2.54. The van der Waals surface area contributed by atoms with E-state index in [4.69, 9.17) is 5.48 Å². The van der Waals surface area contributed by atoms with Crippen LogP contribution < -0.4 is 26.2 Å². The Labute approximate surface area is 464 Å². The molecule has 0 atom stereocenters. The Morgan fingerprint density at radius 2 is 0.986 bits per heavy atom. The molecule has 9 aromatic carbocycles. The lowest BCUT2D eigenvalue weighted by molar-refractivity contribution is 0.590. The highest BCUT2D eigenvalue weighted by atomic mass is 32.1.